The number of rotatable bonds is 4. The van der Waals surface area contributed by atoms with Crippen LogP contribution in [-0.2, 0) is 14.3 Å². The van der Waals surface area contributed by atoms with Crippen LogP contribution in [-0.4, -0.2) is 37.6 Å². The van der Waals surface area contributed by atoms with Gasteiger partial charge in [0, 0.05) is 30.3 Å². The third-order valence-electron chi connectivity index (χ3n) is 4.58. The van der Waals surface area contributed by atoms with Crippen molar-refractivity contribution in [3.63, 3.8) is 0 Å². The van der Waals surface area contributed by atoms with Gasteiger partial charge in [-0.25, -0.2) is 4.39 Å². The van der Waals surface area contributed by atoms with E-state index in [9.17, 15) is 14.0 Å². The molecule has 7 heteroatoms. The van der Waals surface area contributed by atoms with Gasteiger partial charge in [-0.1, -0.05) is 0 Å². The van der Waals surface area contributed by atoms with Crippen molar-refractivity contribution < 1.29 is 23.5 Å². The van der Waals surface area contributed by atoms with E-state index in [-0.39, 0.29) is 30.6 Å². The molecule has 2 unspecified atom stereocenters. The molecule has 136 valence electrons. The van der Waals surface area contributed by atoms with Crippen molar-refractivity contribution in [1.82, 2.24) is 4.98 Å². The standard InChI is InChI=1S/C19H19FN2O4/c1-25-14-7-8-17(21-10-14)16-11-22(13-5-3-12(20)4-6-13)18(23)9-15(16)19(24)26-2/h3-8,10,15-16H,9,11H2,1-2H3. The third kappa shape index (κ3) is 3.51. The van der Waals surface area contributed by atoms with Gasteiger partial charge in [-0.05, 0) is 36.4 Å². The minimum Gasteiger partial charge on any atom is -0.495 e. The summed E-state index contributed by atoms with van der Waals surface area (Å²) in [6, 6.07) is 9.23. The van der Waals surface area contributed by atoms with E-state index in [1.54, 1.807) is 42.5 Å². The van der Waals surface area contributed by atoms with Gasteiger partial charge in [-0.3, -0.25) is 14.6 Å². The van der Waals surface area contributed by atoms with Crippen LogP contribution in [0.25, 0.3) is 0 Å². The molecule has 2 heterocycles. The molecule has 0 aliphatic carbocycles. The number of aromatic nitrogens is 1. The molecule has 1 saturated heterocycles. The fourth-order valence-electron chi connectivity index (χ4n) is 3.17. The van der Waals surface area contributed by atoms with E-state index in [0.717, 1.165) is 0 Å². The topological polar surface area (TPSA) is 68.7 Å². The molecule has 0 bridgehead atoms. The quantitative estimate of drug-likeness (QED) is 0.786. The average Bonchev–Trinajstić information content (AvgIpc) is 2.68. The Labute approximate surface area is 150 Å². The Morgan fingerprint density at radius 2 is 1.92 bits per heavy atom. The van der Waals surface area contributed by atoms with Gasteiger partial charge in [0.1, 0.15) is 11.6 Å². The molecule has 0 N–H and O–H groups in total. The number of methoxy groups -OCH3 is 2. The number of pyridine rings is 1. The number of benzene rings is 1. The molecule has 2 aromatic rings. The van der Waals surface area contributed by atoms with Crippen molar-refractivity contribution in [2.75, 3.05) is 25.7 Å². The van der Waals surface area contributed by atoms with Crippen molar-refractivity contribution in [3.8, 4) is 5.75 Å². The van der Waals surface area contributed by atoms with Gasteiger partial charge in [0.25, 0.3) is 0 Å². The van der Waals surface area contributed by atoms with Crippen molar-refractivity contribution in [3.05, 3.63) is 54.1 Å². The molecule has 26 heavy (non-hydrogen) atoms. The Morgan fingerprint density at radius 1 is 1.19 bits per heavy atom. The smallest absolute Gasteiger partial charge is 0.309 e. The molecular formula is C19H19FN2O4. The lowest BCUT2D eigenvalue weighted by Crippen LogP contribution is -2.46. The molecule has 0 saturated carbocycles. The first kappa shape index (κ1) is 17.8. The SMILES string of the molecule is COC(=O)C1CC(=O)N(c2ccc(F)cc2)CC1c1ccc(OC)cn1. The first-order chi connectivity index (χ1) is 12.5. The summed E-state index contributed by atoms with van der Waals surface area (Å²) >= 11 is 0. The van der Waals surface area contributed by atoms with Gasteiger partial charge in [-0.2, -0.15) is 0 Å². The maximum atomic E-state index is 13.2. The molecule has 1 aliphatic heterocycles. The van der Waals surface area contributed by atoms with Crippen molar-refractivity contribution in [1.29, 1.82) is 0 Å². The van der Waals surface area contributed by atoms with Crippen LogP contribution >= 0.6 is 0 Å². The number of carbonyl (C=O) groups is 2. The first-order valence-electron chi connectivity index (χ1n) is 8.17. The number of esters is 1. The summed E-state index contributed by atoms with van der Waals surface area (Å²) in [5, 5.41) is 0. The highest BCUT2D eigenvalue weighted by molar-refractivity contribution is 5.97. The van der Waals surface area contributed by atoms with Gasteiger partial charge >= 0.3 is 5.97 Å². The second-order valence-corrected chi connectivity index (χ2v) is 6.04. The zero-order valence-corrected chi connectivity index (χ0v) is 14.5. The Morgan fingerprint density at radius 3 is 2.50 bits per heavy atom. The Kier molecular flexibility index (Phi) is 5.16. The number of ether oxygens (including phenoxy) is 2. The number of anilines is 1. The first-order valence-corrected chi connectivity index (χ1v) is 8.17. The zero-order chi connectivity index (χ0) is 18.7. The van der Waals surface area contributed by atoms with Gasteiger partial charge < -0.3 is 14.4 Å². The number of hydrogen-bond acceptors (Lipinski definition) is 5. The van der Waals surface area contributed by atoms with Crippen LogP contribution in [0.5, 0.6) is 5.75 Å². The van der Waals surface area contributed by atoms with Crippen LogP contribution in [0.3, 0.4) is 0 Å². The zero-order valence-electron chi connectivity index (χ0n) is 14.5. The molecule has 2 atom stereocenters. The van der Waals surface area contributed by atoms with E-state index in [1.807, 2.05) is 0 Å². The lowest BCUT2D eigenvalue weighted by atomic mass is 9.82. The third-order valence-corrected chi connectivity index (χ3v) is 4.58. The van der Waals surface area contributed by atoms with Gasteiger partial charge in [-0.15, -0.1) is 0 Å². The number of piperidine rings is 1. The highest BCUT2D eigenvalue weighted by atomic mass is 19.1. The number of hydrogen-bond donors (Lipinski definition) is 0. The molecular weight excluding hydrogens is 339 g/mol. The van der Waals surface area contributed by atoms with Crippen LogP contribution in [0.1, 0.15) is 18.0 Å². The largest absolute Gasteiger partial charge is 0.495 e. The lowest BCUT2D eigenvalue weighted by molar-refractivity contribution is -0.149. The number of carbonyl (C=O) groups excluding carboxylic acids is 2. The summed E-state index contributed by atoms with van der Waals surface area (Å²) in [4.78, 5) is 30.7. The molecule has 0 spiro atoms. The molecule has 1 aromatic carbocycles. The Bertz CT molecular complexity index is 792. The Balaban J connectivity index is 1.94. The maximum Gasteiger partial charge on any atom is 0.309 e. The van der Waals surface area contributed by atoms with E-state index < -0.39 is 11.9 Å². The minimum absolute atomic E-state index is 0.00241. The average molecular weight is 358 g/mol. The summed E-state index contributed by atoms with van der Waals surface area (Å²) in [7, 11) is 2.85. The van der Waals surface area contributed by atoms with Gasteiger partial charge in [0.05, 0.1) is 26.3 Å². The van der Waals surface area contributed by atoms with E-state index in [4.69, 9.17) is 9.47 Å². The minimum atomic E-state index is -0.620. The fraction of sp³-hybridized carbons (Fsp3) is 0.316. The Hall–Kier alpha value is -2.96. The normalized spacial score (nSPS) is 20.0. The molecule has 0 radical (unpaired) electrons. The van der Waals surface area contributed by atoms with Crippen LogP contribution in [0, 0.1) is 11.7 Å². The second kappa shape index (κ2) is 7.51. The highest BCUT2D eigenvalue weighted by Gasteiger charge is 2.41. The molecule has 1 aliphatic rings. The second-order valence-electron chi connectivity index (χ2n) is 6.04. The van der Waals surface area contributed by atoms with E-state index in [0.29, 0.717) is 17.1 Å². The number of amides is 1. The predicted molar refractivity (Wildman–Crippen MR) is 92.4 cm³/mol. The maximum absolute atomic E-state index is 13.2. The van der Waals surface area contributed by atoms with Crippen molar-refractivity contribution >= 4 is 17.6 Å². The molecule has 1 amide bonds. The summed E-state index contributed by atoms with van der Waals surface area (Å²) < 4.78 is 23.2. The van der Waals surface area contributed by atoms with E-state index in [2.05, 4.69) is 4.98 Å². The molecule has 6 nitrogen and oxygen atoms in total. The molecule has 1 aromatic heterocycles. The summed E-state index contributed by atoms with van der Waals surface area (Å²) in [6.07, 6.45) is 1.57. The summed E-state index contributed by atoms with van der Waals surface area (Å²) in [5.74, 6) is -1.39. The highest BCUT2D eigenvalue weighted by Crippen LogP contribution is 2.35. The van der Waals surface area contributed by atoms with Crippen molar-refractivity contribution in [2.45, 2.75) is 12.3 Å². The number of halogens is 1. The summed E-state index contributed by atoms with van der Waals surface area (Å²) in [5.41, 5.74) is 1.25. The van der Waals surface area contributed by atoms with Gasteiger partial charge in [0.15, 0.2) is 0 Å². The molecule has 1 fully saturated rings. The van der Waals surface area contributed by atoms with Crippen molar-refractivity contribution in [2.24, 2.45) is 5.92 Å². The van der Waals surface area contributed by atoms with E-state index in [1.165, 1.54) is 19.2 Å². The molecule has 3 rings (SSSR count). The number of nitrogens with zero attached hydrogens (tertiary/aromatic N) is 2. The van der Waals surface area contributed by atoms with Crippen LogP contribution in [0.4, 0.5) is 10.1 Å². The van der Waals surface area contributed by atoms with Crippen LogP contribution < -0.4 is 9.64 Å². The van der Waals surface area contributed by atoms with Crippen LogP contribution in [0.2, 0.25) is 0 Å². The van der Waals surface area contributed by atoms with Crippen LogP contribution in [0.15, 0.2) is 42.6 Å². The summed E-state index contributed by atoms with van der Waals surface area (Å²) in [6.45, 7) is 0.254. The van der Waals surface area contributed by atoms with E-state index >= 15 is 0 Å². The van der Waals surface area contributed by atoms with Gasteiger partial charge in [0.2, 0.25) is 5.91 Å². The predicted octanol–water partition coefficient (Wildman–Crippen LogP) is 2.54. The monoisotopic (exact) mass is 358 g/mol. The fourth-order valence-corrected chi connectivity index (χ4v) is 3.17. The lowest BCUT2D eigenvalue weighted by Gasteiger charge is -2.36.